The van der Waals surface area contributed by atoms with E-state index < -0.39 is 28.9 Å². The lowest BCUT2D eigenvalue weighted by atomic mass is 9.58. The van der Waals surface area contributed by atoms with Crippen molar-refractivity contribution in [2.24, 2.45) is 17.1 Å². The molecule has 1 aromatic rings. The van der Waals surface area contributed by atoms with Gasteiger partial charge in [0, 0.05) is 24.9 Å². The van der Waals surface area contributed by atoms with Crippen LogP contribution in [-0.4, -0.2) is 25.0 Å². The van der Waals surface area contributed by atoms with Crippen molar-refractivity contribution in [2.45, 2.75) is 5.92 Å². The molecular formula is C19H15F2N5. The van der Waals surface area contributed by atoms with Gasteiger partial charge in [-0.3, -0.25) is 0 Å². The van der Waals surface area contributed by atoms with Crippen molar-refractivity contribution in [3.63, 3.8) is 0 Å². The third-order valence-electron chi connectivity index (χ3n) is 5.15. The van der Waals surface area contributed by atoms with Crippen LogP contribution >= 0.6 is 0 Å². The molecule has 130 valence electrons. The number of nitrogens with two attached hydrogens (primary N) is 1. The molecule has 2 unspecified atom stereocenters. The minimum Gasteiger partial charge on any atom is -0.399 e. The van der Waals surface area contributed by atoms with Crippen molar-refractivity contribution in [2.75, 3.05) is 20.1 Å². The van der Waals surface area contributed by atoms with Gasteiger partial charge in [-0.15, -0.1) is 0 Å². The van der Waals surface area contributed by atoms with Crippen LogP contribution in [0.15, 0.2) is 41.1 Å². The minimum atomic E-state index is -1.84. The third-order valence-corrected chi connectivity index (χ3v) is 5.15. The Morgan fingerprint density at radius 3 is 2.46 bits per heavy atom. The van der Waals surface area contributed by atoms with Crippen molar-refractivity contribution in [3.05, 3.63) is 58.3 Å². The van der Waals surface area contributed by atoms with Gasteiger partial charge in [0.25, 0.3) is 0 Å². The normalized spacial score (nSPS) is 24.7. The predicted molar refractivity (Wildman–Crippen MR) is 88.7 cm³/mol. The number of halogens is 2. The molecule has 0 saturated heterocycles. The Bertz CT molecular complexity index is 944. The molecular weight excluding hydrogens is 336 g/mol. The molecule has 3 rings (SSSR count). The maximum Gasteiger partial charge on any atom is 0.191 e. The smallest absolute Gasteiger partial charge is 0.191 e. The summed E-state index contributed by atoms with van der Waals surface area (Å²) in [5.41, 5.74) is 5.23. The number of allylic oxidation sites excluding steroid dienone is 2. The monoisotopic (exact) mass is 351 g/mol. The molecule has 0 radical (unpaired) electrons. The van der Waals surface area contributed by atoms with Gasteiger partial charge >= 0.3 is 0 Å². The summed E-state index contributed by atoms with van der Waals surface area (Å²) in [7, 11) is 1.86. The zero-order valence-electron chi connectivity index (χ0n) is 14.0. The van der Waals surface area contributed by atoms with E-state index >= 15 is 0 Å². The Balaban J connectivity index is 2.34. The summed E-state index contributed by atoms with van der Waals surface area (Å²) in [5.74, 6) is -3.31. The first-order chi connectivity index (χ1) is 12.4. The molecule has 0 saturated carbocycles. The van der Waals surface area contributed by atoms with Gasteiger partial charge in [-0.25, -0.2) is 8.78 Å². The first-order valence-corrected chi connectivity index (χ1v) is 7.96. The number of nitrogens with zero attached hydrogens (tertiary/aromatic N) is 4. The molecule has 0 spiro atoms. The highest BCUT2D eigenvalue weighted by Crippen LogP contribution is 2.54. The van der Waals surface area contributed by atoms with Crippen LogP contribution in [0.2, 0.25) is 0 Å². The molecule has 0 fully saturated rings. The Morgan fingerprint density at radius 1 is 1.19 bits per heavy atom. The molecule has 2 atom stereocenters. The first-order valence-electron chi connectivity index (χ1n) is 7.96. The lowest BCUT2D eigenvalue weighted by molar-refractivity contribution is 0.237. The topological polar surface area (TPSA) is 101 Å². The van der Waals surface area contributed by atoms with E-state index in [1.807, 2.05) is 36.2 Å². The summed E-state index contributed by atoms with van der Waals surface area (Å²) in [6.45, 7) is 1.04. The molecule has 1 aliphatic heterocycles. The zero-order valence-corrected chi connectivity index (χ0v) is 14.0. The number of nitriles is 3. The van der Waals surface area contributed by atoms with Crippen LogP contribution in [0.4, 0.5) is 8.78 Å². The summed E-state index contributed by atoms with van der Waals surface area (Å²) in [5, 5.41) is 29.2. The quantitative estimate of drug-likeness (QED) is 0.837. The van der Waals surface area contributed by atoms with Crippen LogP contribution in [0.1, 0.15) is 11.5 Å². The molecule has 0 aromatic heterocycles. The van der Waals surface area contributed by atoms with E-state index in [9.17, 15) is 24.6 Å². The molecule has 5 nitrogen and oxygen atoms in total. The average molecular weight is 351 g/mol. The summed E-state index contributed by atoms with van der Waals surface area (Å²) in [6.07, 6.45) is 1.84. The van der Waals surface area contributed by atoms with Gasteiger partial charge in [0.2, 0.25) is 0 Å². The fourth-order valence-corrected chi connectivity index (χ4v) is 3.91. The fraction of sp³-hybridized carbons (Fsp3) is 0.316. The van der Waals surface area contributed by atoms with Crippen LogP contribution < -0.4 is 5.73 Å². The van der Waals surface area contributed by atoms with Gasteiger partial charge in [0.15, 0.2) is 17.0 Å². The van der Waals surface area contributed by atoms with Crippen molar-refractivity contribution < 1.29 is 8.78 Å². The predicted octanol–water partition coefficient (Wildman–Crippen LogP) is 2.32. The second-order valence-electron chi connectivity index (χ2n) is 6.57. The lowest BCUT2D eigenvalue weighted by Gasteiger charge is -2.45. The Labute approximate surface area is 149 Å². The zero-order chi connectivity index (χ0) is 19.1. The maximum atomic E-state index is 13.9. The molecule has 1 heterocycles. The largest absolute Gasteiger partial charge is 0.399 e. The Hall–Kier alpha value is -3.21. The number of fused-ring (bicyclic) bond motifs is 1. The van der Waals surface area contributed by atoms with Crippen molar-refractivity contribution in [3.8, 4) is 18.2 Å². The van der Waals surface area contributed by atoms with Crippen LogP contribution in [0, 0.1) is 57.0 Å². The van der Waals surface area contributed by atoms with Gasteiger partial charge in [0.1, 0.15) is 6.07 Å². The number of rotatable bonds is 1. The lowest BCUT2D eigenvalue weighted by Crippen LogP contribution is -2.47. The average Bonchev–Trinajstić information content (AvgIpc) is 2.63. The van der Waals surface area contributed by atoms with E-state index in [0.29, 0.717) is 24.2 Å². The van der Waals surface area contributed by atoms with Gasteiger partial charge in [-0.05, 0) is 30.3 Å². The molecule has 2 N–H and O–H groups in total. The third kappa shape index (κ3) is 2.36. The summed E-state index contributed by atoms with van der Waals surface area (Å²) in [6, 6.07) is 9.26. The Kier molecular flexibility index (Phi) is 4.24. The number of hydrogen-bond acceptors (Lipinski definition) is 5. The van der Waals surface area contributed by atoms with Crippen LogP contribution in [0.25, 0.3) is 0 Å². The molecule has 0 amide bonds. The molecule has 7 heteroatoms. The standard InChI is InChI=1S/C19H15F2N5/c1-26-5-4-12-13(7-22)18(25)19(9-23,10-24)17(14(12)8-26)11-2-3-15(20)16(21)6-11/h2-4,6,14,17H,5,8,25H2,1H3. The first kappa shape index (κ1) is 17.6. The van der Waals surface area contributed by atoms with Crippen LogP contribution in [-0.2, 0) is 0 Å². The maximum absolute atomic E-state index is 13.9. The minimum absolute atomic E-state index is 0.130. The van der Waals surface area contributed by atoms with Crippen molar-refractivity contribution >= 4 is 0 Å². The molecule has 0 bridgehead atoms. The summed E-state index contributed by atoms with van der Waals surface area (Å²) in [4.78, 5) is 1.97. The van der Waals surface area contributed by atoms with Gasteiger partial charge in [-0.1, -0.05) is 12.1 Å². The molecule has 26 heavy (non-hydrogen) atoms. The molecule has 1 aliphatic carbocycles. The van der Waals surface area contributed by atoms with Crippen LogP contribution in [0.3, 0.4) is 0 Å². The van der Waals surface area contributed by atoms with Gasteiger partial charge < -0.3 is 10.6 Å². The molecule has 1 aromatic carbocycles. The Morgan fingerprint density at radius 2 is 1.88 bits per heavy atom. The molecule has 2 aliphatic rings. The van der Waals surface area contributed by atoms with E-state index in [-0.39, 0.29) is 11.3 Å². The van der Waals surface area contributed by atoms with Gasteiger partial charge in [0.05, 0.1) is 23.4 Å². The van der Waals surface area contributed by atoms with E-state index in [2.05, 4.69) is 0 Å². The van der Waals surface area contributed by atoms with E-state index in [4.69, 9.17) is 5.73 Å². The van der Waals surface area contributed by atoms with E-state index in [1.54, 1.807) is 0 Å². The number of hydrogen-bond donors (Lipinski definition) is 1. The van der Waals surface area contributed by atoms with E-state index in [1.165, 1.54) is 6.07 Å². The number of likely N-dealkylation sites (N-methyl/N-ethyl adjacent to an activating group) is 1. The van der Waals surface area contributed by atoms with Crippen molar-refractivity contribution in [1.29, 1.82) is 15.8 Å². The highest BCUT2D eigenvalue weighted by molar-refractivity contribution is 5.59. The second kappa shape index (κ2) is 6.26. The summed E-state index contributed by atoms with van der Waals surface area (Å²) >= 11 is 0. The second-order valence-corrected chi connectivity index (χ2v) is 6.57. The van der Waals surface area contributed by atoms with Gasteiger partial charge in [-0.2, -0.15) is 15.8 Å². The van der Waals surface area contributed by atoms with E-state index in [0.717, 1.165) is 12.1 Å². The van der Waals surface area contributed by atoms with Crippen LogP contribution in [0.5, 0.6) is 0 Å². The summed E-state index contributed by atoms with van der Waals surface area (Å²) < 4.78 is 27.3. The highest BCUT2D eigenvalue weighted by Gasteiger charge is 2.54. The van der Waals surface area contributed by atoms with Crippen molar-refractivity contribution in [1.82, 2.24) is 4.90 Å². The fourth-order valence-electron chi connectivity index (χ4n) is 3.91. The SMILES string of the molecule is CN1CC=C2C(C#N)=C(N)C(C#N)(C#N)C(c3ccc(F)c(F)c3)C2C1. The number of benzene rings is 1. The highest BCUT2D eigenvalue weighted by atomic mass is 19.2.